The van der Waals surface area contributed by atoms with Gasteiger partial charge in [0.25, 0.3) is 0 Å². The standard InChI is InChI=1S/C5H9NO3/c7-2-3-5(9)4(8)1-6-3/h1,3-5,7-9H,2H2/t3-,4+,5+/m0/s1. The zero-order valence-corrected chi connectivity index (χ0v) is 4.81. The van der Waals surface area contributed by atoms with Gasteiger partial charge in [-0.15, -0.1) is 0 Å². The lowest BCUT2D eigenvalue weighted by atomic mass is 10.1. The molecule has 1 aliphatic heterocycles. The molecule has 0 radical (unpaired) electrons. The third-order valence-electron chi connectivity index (χ3n) is 1.36. The monoisotopic (exact) mass is 131 g/mol. The van der Waals surface area contributed by atoms with Gasteiger partial charge in [0.05, 0.1) is 6.61 Å². The van der Waals surface area contributed by atoms with E-state index in [0.717, 1.165) is 0 Å². The van der Waals surface area contributed by atoms with Gasteiger partial charge < -0.3 is 15.3 Å². The van der Waals surface area contributed by atoms with Gasteiger partial charge in [0.15, 0.2) is 0 Å². The van der Waals surface area contributed by atoms with E-state index in [0.29, 0.717) is 0 Å². The van der Waals surface area contributed by atoms with Gasteiger partial charge in [-0.05, 0) is 0 Å². The number of aliphatic imine (C=N–C) groups is 1. The normalized spacial score (nSPS) is 41.9. The van der Waals surface area contributed by atoms with Gasteiger partial charge in [-0.2, -0.15) is 0 Å². The Labute approximate surface area is 52.5 Å². The van der Waals surface area contributed by atoms with E-state index in [-0.39, 0.29) is 6.61 Å². The third kappa shape index (κ3) is 1.10. The minimum atomic E-state index is -0.921. The average Bonchev–Trinajstić information content (AvgIpc) is 2.15. The molecule has 1 heterocycles. The molecule has 4 nitrogen and oxygen atoms in total. The Bertz CT molecular complexity index is 125. The second-order valence-electron chi connectivity index (χ2n) is 2.03. The van der Waals surface area contributed by atoms with Gasteiger partial charge in [0.2, 0.25) is 0 Å². The lowest BCUT2D eigenvalue weighted by Crippen LogP contribution is -2.32. The summed E-state index contributed by atoms with van der Waals surface area (Å²) in [6, 6.07) is -0.528. The summed E-state index contributed by atoms with van der Waals surface area (Å²) in [5, 5.41) is 26.2. The van der Waals surface area contributed by atoms with E-state index in [1.807, 2.05) is 0 Å². The van der Waals surface area contributed by atoms with Crippen LogP contribution in [0.2, 0.25) is 0 Å². The van der Waals surface area contributed by atoms with Crippen LogP contribution in [0.25, 0.3) is 0 Å². The van der Waals surface area contributed by atoms with Crippen molar-refractivity contribution < 1.29 is 15.3 Å². The first-order valence-corrected chi connectivity index (χ1v) is 2.76. The molecule has 0 aromatic rings. The Morgan fingerprint density at radius 2 is 2.11 bits per heavy atom. The van der Waals surface area contributed by atoms with Crippen LogP contribution in [0.1, 0.15) is 0 Å². The first kappa shape index (κ1) is 6.67. The molecule has 0 aromatic heterocycles. The number of hydrogen-bond acceptors (Lipinski definition) is 4. The van der Waals surface area contributed by atoms with Crippen LogP contribution >= 0.6 is 0 Å². The fraction of sp³-hybridized carbons (Fsp3) is 0.800. The van der Waals surface area contributed by atoms with E-state index in [2.05, 4.69) is 4.99 Å². The molecule has 0 aromatic carbocycles. The molecule has 1 rings (SSSR count). The minimum absolute atomic E-state index is 0.214. The zero-order chi connectivity index (χ0) is 6.85. The van der Waals surface area contributed by atoms with Gasteiger partial charge in [-0.25, -0.2) is 0 Å². The summed E-state index contributed by atoms with van der Waals surface area (Å²) < 4.78 is 0. The van der Waals surface area contributed by atoms with Crippen LogP contribution in [0, 0.1) is 0 Å². The average molecular weight is 131 g/mol. The van der Waals surface area contributed by atoms with Crippen LogP contribution in [-0.2, 0) is 0 Å². The summed E-state index contributed by atoms with van der Waals surface area (Å²) in [7, 11) is 0. The third-order valence-corrected chi connectivity index (χ3v) is 1.36. The lowest BCUT2D eigenvalue weighted by molar-refractivity contribution is 0.0419. The maximum atomic E-state index is 8.92. The maximum Gasteiger partial charge on any atom is 0.117 e. The highest BCUT2D eigenvalue weighted by molar-refractivity contribution is 5.66. The molecule has 0 amide bonds. The van der Waals surface area contributed by atoms with E-state index >= 15 is 0 Å². The molecule has 0 saturated carbocycles. The fourth-order valence-electron chi connectivity index (χ4n) is 0.758. The first-order valence-electron chi connectivity index (χ1n) is 2.76. The van der Waals surface area contributed by atoms with Crippen LogP contribution in [0.15, 0.2) is 4.99 Å². The van der Waals surface area contributed by atoms with E-state index in [1.165, 1.54) is 6.21 Å². The molecule has 3 N–H and O–H groups in total. The Balaban J connectivity index is 2.51. The van der Waals surface area contributed by atoms with Crippen LogP contribution in [-0.4, -0.2) is 46.4 Å². The van der Waals surface area contributed by atoms with Gasteiger partial charge in [-0.1, -0.05) is 0 Å². The number of nitrogens with zero attached hydrogens (tertiary/aromatic N) is 1. The smallest absolute Gasteiger partial charge is 0.117 e. The molecule has 9 heavy (non-hydrogen) atoms. The molecule has 52 valence electrons. The summed E-state index contributed by atoms with van der Waals surface area (Å²) in [5.74, 6) is 0. The van der Waals surface area contributed by atoms with E-state index in [1.54, 1.807) is 0 Å². The van der Waals surface area contributed by atoms with E-state index in [4.69, 9.17) is 15.3 Å². The predicted octanol–water partition coefficient (Wildman–Crippen LogP) is -1.85. The minimum Gasteiger partial charge on any atom is -0.394 e. The van der Waals surface area contributed by atoms with Gasteiger partial charge >= 0.3 is 0 Å². The van der Waals surface area contributed by atoms with Crippen molar-refractivity contribution in [3.05, 3.63) is 0 Å². The van der Waals surface area contributed by atoms with Gasteiger partial charge in [0.1, 0.15) is 18.2 Å². The Morgan fingerprint density at radius 3 is 2.33 bits per heavy atom. The Morgan fingerprint density at radius 1 is 1.44 bits per heavy atom. The summed E-state index contributed by atoms with van der Waals surface area (Å²) in [5.41, 5.74) is 0. The van der Waals surface area contributed by atoms with Crippen LogP contribution in [0.3, 0.4) is 0 Å². The van der Waals surface area contributed by atoms with Crippen molar-refractivity contribution in [1.29, 1.82) is 0 Å². The van der Waals surface area contributed by atoms with Crippen LogP contribution < -0.4 is 0 Å². The van der Waals surface area contributed by atoms with Crippen molar-refractivity contribution >= 4 is 6.21 Å². The molecule has 1 aliphatic rings. The molecule has 0 unspecified atom stereocenters. The number of aliphatic hydroxyl groups excluding tert-OH is 3. The van der Waals surface area contributed by atoms with Crippen molar-refractivity contribution in [2.75, 3.05) is 6.61 Å². The van der Waals surface area contributed by atoms with Crippen LogP contribution in [0.4, 0.5) is 0 Å². The zero-order valence-electron chi connectivity index (χ0n) is 4.81. The highest BCUT2D eigenvalue weighted by Crippen LogP contribution is 2.08. The second-order valence-corrected chi connectivity index (χ2v) is 2.03. The van der Waals surface area contributed by atoms with E-state index < -0.39 is 18.2 Å². The molecular formula is C5H9NO3. The molecule has 0 spiro atoms. The van der Waals surface area contributed by atoms with Gasteiger partial charge in [0, 0.05) is 6.21 Å². The number of hydrogen-bond donors (Lipinski definition) is 3. The molecule has 0 aliphatic carbocycles. The molecule has 4 heteroatoms. The summed E-state index contributed by atoms with van der Waals surface area (Å²) >= 11 is 0. The quantitative estimate of drug-likeness (QED) is 0.391. The molecule has 3 atom stereocenters. The highest BCUT2D eigenvalue weighted by atomic mass is 16.3. The van der Waals surface area contributed by atoms with Crippen molar-refractivity contribution in [3.63, 3.8) is 0 Å². The highest BCUT2D eigenvalue weighted by Gasteiger charge is 2.28. The molecule has 0 saturated heterocycles. The number of rotatable bonds is 1. The van der Waals surface area contributed by atoms with Crippen molar-refractivity contribution in [2.45, 2.75) is 18.2 Å². The van der Waals surface area contributed by atoms with Gasteiger partial charge in [-0.3, -0.25) is 4.99 Å². The van der Waals surface area contributed by atoms with Crippen molar-refractivity contribution in [1.82, 2.24) is 0 Å². The summed E-state index contributed by atoms with van der Waals surface area (Å²) in [6.45, 7) is -0.214. The summed E-state index contributed by atoms with van der Waals surface area (Å²) in [6.07, 6.45) is -0.580. The topological polar surface area (TPSA) is 73.1 Å². The largest absolute Gasteiger partial charge is 0.394 e. The SMILES string of the molecule is OC[C@@H]1N=C[C@@H](O)[C@@H]1O. The Kier molecular flexibility index (Phi) is 1.80. The lowest BCUT2D eigenvalue weighted by Gasteiger charge is -2.10. The Hall–Kier alpha value is -0.450. The maximum absolute atomic E-state index is 8.92. The first-order chi connectivity index (χ1) is 4.25. The van der Waals surface area contributed by atoms with Crippen LogP contribution in [0.5, 0.6) is 0 Å². The second kappa shape index (κ2) is 2.43. The van der Waals surface area contributed by atoms with Crippen molar-refractivity contribution in [2.24, 2.45) is 4.99 Å². The fourth-order valence-corrected chi connectivity index (χ4v) is 0.758. The summed E-state index contributed by atoms with van der Waals surface area (Å²) in [4.78, 5) is 3.64. The molecular weight excluding hydrogens is 122 g/mol. The number of aliphatic hydroxyl groups is 3. The molecule has 0 bridgehead atoms. The van der Waals surface area contributed by atoms with Crippen molar-refractivity contribution in [3.8, 4) is 0 Å². The predicted molar refractivity (Wildman–Crippen MR) is 31.4 cm³/mol. The molecule has 0 fully saturated rings. The van der Waals surface area contributed by atoms with E-state index in [9.17, 15) is 0 Å².